The third-order valence-corrected chi connectivity index (χ3v) is 3.14. The molecule has 6 nitrogen and oxygen atoms in total. The van der Waals surface area contributed by atoms with Crippen LogP contribution in [-0.2, 0) is 0 Å². The van der Waals surface area contributed by atoms with Crippen LogP contribution in [0, 0.1) is 0 Å². The van der Waals surface area contributed by atoms with Crippen molar-refractivity contribution in [1.82, 2.24) is 13.6 Å². The van der Waals surface area contributed by atoms with E-state index < -0.39 is 6.09 Å². The smallest absolute Gasteiger partial charge is 0.187 e. The number of carbonyl (C=O) groups excluding carboxylic acids is 1. The van der Waals surface area contributed by atoms with E-state index in [1.165, 1.54) is 4.90 Å². The highest BCUT2D eigenvalue weighted by atomic mass is 35.5. The largest absolute Gasteiger partial charge is 0.530 e. The molecular formula is C7H8ClN4O2S-. The molecule has 0 aliphatic carbocycles. The van der Waals surface area contributed by atoms with Gasteiger partial charge in [0.2, 0.25) is 0 Å². The molecule has 1 fully saturated rings. The second kappa shape index (κ2) is 4.19. The van der Waals surface area contributed by atoms with Crippen LogP contribution in [0.3, 0.4) is 0 Å². The second-order valence-corrected chi connectivity index (χ2v) is 4.01. The van der Waals surface area contributed by atoms with Crippen molar-refractivity contribution in [1.29, 1.82) is 0 Å². The molecule has 1 aliphatic heterocycles. The maximum atomic E-state index is 10.6. The molecule has 1 aromatic rings. The predicted molar refractivity (Wildman–Crippen MR) is 54.1 cm³/mol. The molecule has 0 atom stereocenters. The second-order valence-electron chi connectivity index (χ2n) is 3.12. The van der Waals surface area contributed by atoms with Gasteiger partial charge >= 0.3 is 0 Å². The first-order chi connectivity index (χ1) is 7.18. The van der Waals surface area contributed by atoms with Crippen LogP contribution in [0.25, 0.3) is 0 Å². The van der Waals surface area contributed by atoms with Crippen molar-refractivity contribution < 1.29 is 9.90 Å². The highest BCUT2D eigenvalue weighted by molar-refractivity contribution is 6.99. The molecular weight excluding hydrogens is 240 g/mol. The van der Waals surface area contributed by atoms with Crippen LogP contribution in [-0.4, -0.2) is 45.9 Å². The van der Waals surface area contributed by atoms with Crippen molar-refractivity contribution in [2.75, 3.05) is 31.1 Å². The molecule has 0 saturated carbocycles. The minimum Gasteiger partial charge on any atom is -0.530 e. The average molecular weight is 248 g/mol. The number of carboxylic acid groups (broad SMARTS) is 1. The molecule has 82 valence electrons. The highest BCUT2D eigenvalue weighted by Gasteiger charge is 2.20. The number of hydrogen-bond donors (Lipinski definition) is 0. The Morgan fingerprint density at radius 2 is 2.00 bits per heavy atom. The van der Waals surface area contributed by atoms with Gasteiger partial charge in [0.1, 0.15) is 6.09 Å². The molecule has 1 aliphatic rings. The van der Waals surface area contributed by atoms with Gasteiger partial charge in [0.15, 0.2) is 11.0 Å². The summed E-state index contributed by atoms with van der Waals surface area (Å²) in [5.41, 5.74) is 0. The zero-order valence-electron chi connectivity index (χ0n) is 7.72. The summed E-state index contributed by atoms with van der Waals surface area (Å²) in [5, 5.41) is 10.9. The fraction of sp³-hybridized carbons (Fsp3) is 0.571. The van der Waals surface area contributed by atoms with E-state index in [1.807, 2.05) is 4.90 Å². The molecule has 0 N–H and O–H groups in total. The van der Waals surface area contributed by atoms with Crippen LogP contribution < -0.4 is 10.0 Å². The van der Waals surface area contributed by atoms with Gasteiger partial charge in [0, 0.05) is 26.2 Å². The number of rotatable bonds is 1. The number of anilines is 1. The topological polar surface area (TPSA) is 72.4 Å². The molecule has 0 radical (unpaired) electrons. The van der Waals surface area contributed by atoms with Crippen molar-refractivity contribution in [2.24, 2.45) is 0 Å². The summed E-state index contributed by atoms with van der Waals surface area (Å²) in [7, 11) is 0. The van der Waals surface area contributed by atoms with Crippen LogP contribution in [0.4, 0.5) is 10.6 Å². The van der Waals surface area contributed by atoms with Crippen molar-refractivity contribution in [2.45, 2.75) is 0 Å². The Labute approximate surface area is 95.4 Å². The highest BCUT2D eigenvalue weighted by Crippen LogP contribution is 2.23. The molecule has 2 rings (SSSR count). The first kappa shape index (κ1) is 10.4. The fourth-order valence-corrected chi connectivity index (χ4v) is 2.24. The third-order valence-electron chi connectivity index (χ3n) is 2.27. The lowest BCUT2D eigenvalue weighted by molar-refractivity contribution is -0.265. The monoisotopic (exact) mass is 247 g/mol. The minimum atomic E-state index is -1.13. The normalized spacial score (nSPS) is 16.9. The Kier molecular flexibility index (Phi) is 2.92. The minimum absolute atomic E-state index is 0.377. The van der Waals surface area contributed by atoms with E-state index in [-0.39, 0.29) is 0 Å². The number of piperazine rings is 1. The summed E-state index contributed by atoms with van der Waals surface area (Å²) in [4.78, 5) is 13.7. The molecule has 1 aromatic heterocycles. The van der Waals surface area contributed by atoms with Crippen LogP contribution in [0.1, 0.15) is 0 Å². The summed E-state index contributed by atoms with van der Waals surface area (Å²) in [5.74, 6) is 0.639. The Morgan fingerprint density at radius 3 is 2.47 bits per heavy atom. The third kappa shape index (κ3) is 2.13. The number of aromatic nitrogens is 2. The molecule has 0 aromatic carbocycles. The van der Waals surface area contributed by atoms with E-state index in [0.29, 0.717) is 37.1 Å². The quantitative estimate of drug-likeness (QED) is 0.679. The van der Waals surface area contributed by atoms with Crippen LogP contribution in [0.2, 0.25) is 5.15 Å². The van der Waals surface area contributed by atoms with Crippen LogP contribution >= 0.6 is 23.3 Å². The molecule has 1 saturated heterocycles. The van der Waals surface area contributed by atoms with Gasteiger partial charge in [-0.25, -0.2) is 0 Å². The number of amides is 1. The molecule has 1 amide bonds. The Hall–Kier alpha value is -1.08. The van der Waals surface area contributed by atoms with Gasteiger partial charge in [-0.15, -0.1) is 0 Å². The summed E-state index contributed by atoms with van der Waals surface area (Å²) < 4.78 is 7.91. The number of halogens is 1. The van der Waals surface area contributed by atoms with Crippen LogP contribution in [0.5, 0.6) is 0 Å². The van der Waals surface area contributed by atoms with Crippen molar-refractivity contribution >= 4 is 35.2 Å². The first-order valence-corrected chi connectivity index (χ1v) is 5.48. The maximum Gasteiger partial charge on any atom is 0.187 e. The standard InChI is InChI=1S/C7H9ClN4O2S/c8-5-6(10-15-9-5)11-1-3-12(4-2-11)7(13)14/h1-4H2,(H,13,14)/p-1. The maximum absolute atomic E-state index is 10.6. The lowest BCUT2D eigenvalue weighted by Crippen LogP contribution is -2.52. The molecule has 8 heteroatoms. The summed E-state index contributed by atoms with van der Waals surface area (Å²) >= 11 is 6.88. The number of carbonyl (C=O) groups is 1. The fourth-order valence-electron chi connectivity index (χ4n) is 1.46. The average Bonchev–Trinajstić information content (AvgIpc) is 2.65. The van der Waals surface area contributed by atoms with Gasteiger partial charge in [0.05, 0.1) is 11.7 Å². The van der Waals surface area contributed by atoms with Gasteiger partial charge in [0.25, 0.3) is 0 Å². The number of nitrogens with zero attached hydrogens (tertiary/aromatic N) is 4. The van der Waals surface area contributed by atoms with Gasteiger partial charge in [-0.2, -0.15) is 8.75 Å². The van der Waals surface area contributed by atoms with E-state index in [4.69, 9.17) is 11.6 Å². The lowest BCUT2D eigenvalue weighted by Gasteiger charge is -2.36. The Morgan fingerprint density at radius 1 is 1.33 bits per heavy atom. The Balaban J connectivity index is 2.00. The van der Waals surface area contributed by atoms with Crippen molar-refractivity contribution in [3.63, 3.8) is 0 Å². The summed E-state index contributed by atoms with van der Waals surface area (Å²) in [6.07, 6.45) is -1.13. The van der Waals surface area contributed by atoms with Gasteiger partial charge in [-0.05, 0) is 0 Å². The van der Waals surface area contributed by atoms with Crippen molar-refractivity contribution in [3.05, 3.63) is 5.15 Å². The molecule has 0 unspecified atom stereocenters. The van der Waals surface area contributed by atoms with E-state index in [2.05, 4.69) is 8.75 Å². The van der Waals surface area contributed by atoms with Crippen LogP contribution in [0.15, 0.2) is 0 Å². The molecule has 15 heavy (non-hydrogen) atoms. The summed E-state index contributed by atoms with van der Waals surface area (Å²) in [6.45, 7) is 1.96. The predicted octanol–water partition coefficient (Wildman–Crippen LogP) is -0.343. The summed E-state index contributed by atoms with van der Waals surface area (Å²) in [6, 6.07) is 0. The number of hydrogen-bond acceptors (Lipinski definition) is 6. The van der Waals surface area contributed by atoms with Gasteiger partial charge in [-0.1, -0.05) is 11.6 Å². The molecule has 2 heterocycles. The Bertz CT molecular complexity index is 364. The molecule has 0 bridgehead atoms. The zero-order chi connectivity index (χ0) is 10.8. The van der Waals surface area contributed by atoms with E-state index >= 15 is 0 Å². The van der Waals surface area contributed by atoms with E-state index in [9.17, 15) is 9.90 Å². The van der Waals surface area contributed by atoms with Crippen molar-refractivity contribution in [3.8, 4) is 0 Å². The zero-order valence-corrected chi connectivity index (χ0v) is 9.29. The van der Waals surface area contributed by atoms with E-state index in [1.54, 1.807) is 0 Å². The first-order valence-electron chi connectivity index (χ1n) is 4.37. The molecule has 0 spiro atoms. The SMILES string of the molecule is O=C([O-])N1CCN(c2nsnc2Cl)CC1. The lowest BCUT2D eigenvalue weighted by atomic mass is 10.3. The van der Waals surface area contributed by atoms with Gasteiger partial charge < -0.3 is 19.7 Å². The van der Waals surface area contributed by atoms with Gasteiger partial charge in [-0.3, -0.25) is 0 Å². The van der Waals surface area contributed by atoms with E-state index in [0.717, 1.165) is 11.7 Å².